The molecule has 0 radical (unpaired) electrons. The van der Waals surface area contributed by atoms with Crippen molar-refractivity contribution in [3.63, 3.8) is 0 Å². The van der Waals surface area contributed by atoms with Gasteiger partial charge in [-0.25, -0.2) is 0 Å². The molecule has 0 saturated carbocycles. The maximum Gasteiger partial charge on any atom is 0.122 e. The highest BCUT2D eigenvalue weighted by Crippen LogP contribution is 2.25. The van der Waals surface area contributed by atoms with Gasteiger partial charge in [-0.15, -0.1) is 0 Å². The van der Waals surface area contributed by atoms with Gasteiger partial charge in [-0.2, -0.15) is 0 Å². The smallest absolute Gasteiger partial charge is 0.122 e. The van der Waals surface area contributed by atoms with Gasteiger partial charge < -0.3 is 19.7 Å². The van der Waals surface area contributed by atoms with Crippen molar-refractivity contribution in [2.24, 2.45) is 0 Å². The van der Waals surface area contributed by atoms with E-state index in [4.69, 9.17) is 21.1 Å². The summed E-state index contributed by atoms with van der Waals surface area (Å²) in [5.74, 6) is 0.961. The van der Waals surface area contributed by atoms with E-state index in [0.717, 1.165) is 68.5 Å². The Morgan fingerprint density at radius 2 is 2.18 bits per heavy atom. The van der Waals surface area contributed by atoms with Gasteiger partial charge in [0.05, 0.1) is 12.7 Å². The molecule has 3 rings (SSSR count). The maximum absolute atomic E-state index is 6.15. The monoisotopic (exact) mass is 324 g/mol. The van der Waals surface area contributed by atoms with E-state index in [1.165, 1.54) is 0 Å². The second-order valence-corrected chi connectivity index (χ2v) is 6.66. The number of aryl methyl sites for hydroxylation is 1. The van der Waals surface area contributed by atoms with Gasteiger partial charge in [0.25, 0.3) is 0 Å². The molecule has 0 amide bonds. The molecule has 5 heteroatoms. The number of nitrogens with one attached hydrogen (secondary N) is 1. The number of rotatable bonds is 4. The van der Waals surface area contributed by atoms with Gasteiger partial charge >= 0.3 is 0 Å². The highest BCUT2D eigenvalue weighted by atomic mass is 35.5. The van der Waals surface area contributed by atoms with E-state index in [1.54, 1.807) is 0 Å². The lowest BCUT2D eigenvalue weighted by molar-refractivity contribution is -0.00566. The number of benzene rings is 1. The standard InChI is InChI=1S/C17H25ClN2O2/c1-13-10-14(18)2-3-17(13)22-15-4-7-20(8-5-15)12-16-11-19-6-9-21-16/h2-3,10,15-16,19H,4-9,11-12H2,1H3/t16-/m1/s1. The fourth-order valence-corrected chi connectivity index (χ4v) is 3.39. The number of hydrogen-bond acceptors (Lipinski definition) is 4. The first-order valence-electron chi connectivity index (χ1n) is 8.18. The molecule has 0 spiro atoms. The molecule has 2 aliphatic rings. The van der Waals surface area contributed by atoms with Crippen molar-refractivity contribution in [1.29, 1.82) is 0 Å². The Morgan fingerprint density at radius 3 is 2.86 bits per heavy atom. The van der Waals surface area contributed by atoms with Crippen molar-refractivity contribution in [1.82, 2.24) is 10.2 Å². The summed E-state index contributed by atoms with van der Waals surface area (Å²) >= 11 is 5.99. The lowest BCUT2D eigenvalue weighted by atomic mass is 10.1. The molecule has 22 heavy (non-hydrogen) atoms. The molecule has 2 fully saturated rings. The zero-order valence-corrected chi connectivity index (χ0v) is 13.9. The number of ether oxygens (including phenoxy) is 2. The number of halogens is 1. The average Bonchev–Trinajstić information content (AvgIpc) is 2.53. The predicted molar refractivity (Wildman–Crippen MR) is 88.9 cm³/mol. The Balaban J connectivity index is 1.45. The van der Waals surface area contributed by atoms with Crippen LogP contribution in [0.2, 0.25) is 5.02 Å². The Bertz CT molecular complexity index is 484. The van der Waals surface area contributed by atoms with Gasteiger partial charge in [-0.05, 0) is 43.5 Å². The molecular weight excluding hydrogens is 300 g/mol. The lowest BCUT2D eigenvalue weighted by Crippen LogP contribution is -2.48. The Hall–Kier alpha value is -0.810. The largest absolute Gasteiger partial charge is 0.490 e. The highest BCUT2D eigenvalue weighted by molar-refractivity contribution is 6.30. The molecule has 1 aromatic carbocycles. The first-order chi connectivity index (χ1) is 10.7. The van der Waals surface area contributed by atoms with E-state index in [9.17, 15) is 0 Å². The second-order valence-electron chi connectivity index (χ2n) is 6.22. The second kappa shape index (κ2) is 7.64. The normalized spacial score (nSPS) is 24.4. The van der Waals surface area contributed by atoms with Crippen LogP contribution in [0.15, 0.2) is 18.2 Å². The molecular formula is C17H25ClN2O2. The van der Waals surface area contributed by atoms with E-state index >= 15 is 0 Å². The van der Waals surface area contributed by atoms with Crippen LogP contribution in [0.4, 0.5) is 0 Å². The minimum atomic E-state index is 0.307. The van der Waals surface area contributed by atoms with Gasteiger partial charge in [-0.3, -0.25) is 0 Å². The zero-order chi connectivity index (χ0) is 15.4. The van der Waals surface area contributed by atoms with E-state index < -0.39 is 0 Å². The molecule has 2 heterocycles. The molecule has 2 aliphatic heterocycles. The number of likely N-dealkylation sites (tertiary alicyclic amines) is 1. The number of nitrogens with zero attached hydrogens (tertiary/aromatic N) is 1. The first-order valence-corrected chi connectivity index (χ1v) is 8.56. The van der Waals surface area contributed by atoms with E-state index in [0.29, 0.717) is 12.2 Å². The van der Waals surface area contributed by atoms with Gasteiger partial charge in [0.1, 0.15) is 11.9 Å². The van der Waals surface area contributed by atoms with Crippen molar-refractivity contribution < 1.29 is 9.47 Å². The maximum atomic E-state index is 6.15. The summed E-state index contributed by atoms with van der Waals surface area (Å²) in [6.07, 6.45) is 2.79. The van der Waals surface area contributed by atoms with E-state index in [1.807, 2.05) is 25.1 Å². The molecule has 1 aromatic rings. The Morgan fingerprint density at radius 1 is 1.36 bits per heavy atom. The van der Waals surface area contributed by atoms with Crippen LogP contribution in [0.1, 0.15) is 18.4 Å². The summed E-state index contributed by atoms with van der Waals surface area (Å²) in [5.41, 5.74) is 1.11. The van der Waals surface area contributed by atoms with Crippen LogP contribution in [0.5, 0.6) is 5.75 Å². The third-order valence-electron chi connectivity index (χ3n) is 4.43. The van der Waals surface area contributed by atoms with E-state index in [2.05, 4.69) is 10.2 Å². The van der Waals surface area contributed by atoms with Gasteiger partial charge in [0.15, 0.2) is 0 Å². The van der Waals surface area contributed by atoms with Crippen LogP contribution in [0, 0.1) is 6.92 Å². The van der Waals surface area contributed by atoms with Gasteiger partial charge in [0.2, 0.25) is 0 Å². The highest BCUT2D eigenvalue weighted by Gasteiger charge is 2.24. The Labute approximate surface area is 137 Å². The van der Waals surface area contributed by atoms with E-state index in [-0.39, 0.29) is 0 Å². The molecule has 1 atom stereocenters. The fourth-order valence-electron chi connectivity index (χ4n) is 3.16. The number of morpholine rings is 1. The average molecular weight is 325 g/mol. The minimum absolute atomic E-state index is 0.307. The minimum Gasteiger partial charge on any atom is -0.490 e. The third-order valence-corrected chi connectivity index (χ3v) is 4.67. The predicted octanol–water partition coefficient (Wildman–Crippen LogP) is 2.48. The molecule has 122 valence electrons. The molecule has 1 N–H and O–H groups in total. The summed E-state index contributed by atoms with van der Waals surface area (Å²) in [4.78, 5) is 2.49. The molecule has 2 saturated heterocycles. The SMILES string of the molecule is Cc1cc(Cl)ccc1OC1CCN(C[C@H]2CNCCO2)CC1. The third kappa shape index (κ3) is 4.35. The van der Waals surface area contributed by atoms with Crippen LogP contribution in [-0.4, -0.2) is 56.4 Å². The molecule has 0 bridgehead atoms. The molecule has 4 nitrogen and oxygen atoms in total. The summed E-state index contributed by atoms with van der Waals surface area (Å²) in [5, 5.41) is 4.15. The van der Waals surface area contributed by atoms with Crippen molar-refractivity contribution in [2.75, 3.05) is 39.3 Å². The fraction of sp³-hybridized carbons (Fsp3) is 0.647. The van der Waals surface area contributed by atoms with Gasteiger partial charge in [-0.1, -0.05) is 11.6 Å². The number of piperidine rings is 1. The number of hydrogen-bond donors (Lipinski definition) is 1. The summed E-state index contributed by atoms with van der Waals surface area (Å²) in [6, 6.07) is 5.83. The van der Waals surface area contributed by atoms with Crippen molar-refractivity contribution in [3.8, 4) is 5.75 Å². The van der Waals surface area contributed by atoms with Crippen LogP contribution in [0.3, 0.4) is 0 Å². The summed E-state index contributed by atoms with van der Waals surface area (Å²) < 4.78 is 11.9. The molecule has 0 aromatic heterocycles. The molecule has 0 unspecified atom stereocenters. The summed E-state index contributed by atoms with van der Waals surface area (Å²) in [7, 11) is 0. The first kappa shape index (κ1) is 16.1. The van der Waals surface area contributed by atoms with Crippen molar-refractivity contribution in [3.05, 3.63) is 28.8 Å². The lowest BCUT2D eigenvalue weighted by Gasteiger charge is -2.35. The van der Waals surface area contributed by atoms with Crippen molar-refractivity contribution >= 4 is 11.6 Å². The van der Waals surface area contributed by atoms with Crippen LogP contribution >= 0.6 is 11.6 Å². The van der Waals surface area contributed by atoms with Crippen molar-refractivity contribution in [2.45, 2.75) is 32.0 Å². The van der Waals surface area contributed by atoms with Crippen LogP contribution < -0.4 is 10.1 Å². The van der Waals surface area contributed by atoms with Gasteiger partial charge in [0, 0.05) is 37.7 Å². The summed E-state index contributed by atoms with van der Waals surface area (Å²) in [6.45, 7) is 8.02. The topological polar surface area (TPSA) is 33.7 Å². The van der Waals surface area contributed by atoms with Crippen LogP contribution in [-0.2, 0) is 4.74 Å². The van der Waals surface area contributed by atoms with Crippen LogP contribution in [0.25, 0.3) is 0 Å². The Kier molecular flexibility index (Phi) is 5.58. The zero-order valence-electron chi connectivity index (χ0n) is 13.2. The quantitative estimate of drug-likeness (QED) is 0.922. The molecule has 0 aliphatic carbocycles.